The van der Waals surface area contributed by atoms with Gasteiger partial charge in [0.05, 0.1) is 12.0 Å². The van der Waals surface area contributed by atoms with Crippen LogP contribution in [0.1, 0.15) is 30.7 Å². The Morgan fingerprint density at radius 2 is 2.38 bits per heavy atom. The zero-order valence-corrected chi connectivity index (χ0v) is 10.7. The van der Waals surface area contributed by atoms with Crippen LogP contribution in [0.25, 0.3) is 0 Å². The van der Waals surface area contributed by atoms with Crippen LogP contribution in [0.2, 0.25) is 0 Å². The summed E-state index contributed by atoms with van der Waals surface area (Å²) < 4.78 is 2.37. The van der Waals surface area contributed by atoms with Gasteiger partial charge in [-0.15, -0.1) is 0 Å². The second kappa shape index (κ2) is 4.42. The summed E-state index contributed by atoms with van der Waals surface area (Å²) >= 11 is 3.36. The lowest BCUT2D eigenvalue weighted by Crippen LogP contribution is -2.22. The molecule has 0 aliphatic heterocycles. The topological polar surface area (TPSA) is 45.8 Å². The highest BCUT2D eigenvalue weighted by molar-refractivity contribution is 9.10. The van der Waals surface area contributed by atoms with Crippen LogP contribution in [0, 0.1) is 17.2 Å². The molecule has 1 aliphatic carbocycles. The predicted molar refractivity (Wildman–Crippen MR) is 65.1 cm³/mol. The van der Waals surface area contributed by atoms with Crippen LogP contribution < -0.4 is 5.56 Å². The maximum Gasteiger partial charge on any atom is 0.254 e. The number of nitrogens with zero attached hydrogens (tertiary/aromatic N) is 2. The van der Waals surface area contributed by atoms with Crippen molar-refractivity contribution in [1.82, 2.24) is 4.57 Å². The summed E-state index contributed by atoms with van der Waals surface area (Å²) in [4.78, 5) is 11.9. The molecule has 1 heterocycles. The second-order valence-corrected chi connectivity index (χ2v) is 5.31. The van der Waals surface area contributed by atoms with Crippen molar-refractivity contribution >= 4 is 15.9 Å². The molecule has 0 N–H and O–H groups in total. The van der Waals surface area contributed by atoms with Gasteiger partial charge in [-0.25, -0.2) is 0 Å². The maximum absolute atomic E-state index is 11.9. The summed E-state index contributed by atoms with van der Waals surface area (Å²) in [6, 6.07) is 4.03. The molecule has 4 heteroatoms. The fourth-order valence-electron chi connectivity index (χ4n) is 1.88. The number of nitriles is 1. The zero-order valence-electron chi connectivity index (χ0n) is 9.11. The number of halogens is 1. The first-order valence-electron chi connectivity index (χ1n) is 5.37. The van der Waals surface area contributed by atoms with Crippen LogP contribution in [0.15, 0.2) is 21.5 Å². The molecule has 3 nitrogen and oxygen atoms in total. The Bertz CT molecular complexity index is 497. The smallest absolute Gasteiger partial charge is 0.254 e. The van der Waals surface area contributed by atoms with E-state index in [-0.39, 0.29) is 11.5 Å². The van der Waals surface area contributed by atoms with Gasteiger partial charge < -0.3 is 4.57 Å². The fraction of sp³-hybridized carbons (Fsp3) is 0.500. The Morgan fingerprint density at radius 3 is 2.94 bits per heavy atom. The van der Waals surface area contributed by atoms with Gasteiger partial charge in [0.2, 0.25) is 0 Å². The standard InChI is InChI=1S/C12H13BrN2O/c1-15-7-10(13)5-11(12(15)16)9(6-14)4-8-2-3-8/h5,7-9H,2-4H2,1H3. The molecular weight excluding hydrogens is 268 g/mol. The zero-order chi connectivity index (χ0) is 11.7. The van der Waals surface area contributed by atoms with E-state index in [1.165, 1.54) is 17.4 Å². The Labute approximate surface area is 103 Å². The van der Waals surface area contributed by atoms with Crippen molar-refractivity contribution in [3.05, 3.63) is 32.7 Å². The van der Waals surface area contributed by atoms with Crippen LogP contribution in [0.4, 0.5) is 0 Å². The highest BCUT2D eigenvalue weighted by Gasteiger charge is 2.27. The summed E-state index contributed by atoms with van der Waals surface area (Å²) in [5.41, 5.74) is 0.557. The normalized spacial score (nSPS) is 16.8. The first kappa shape index (κ1) is 11.4. The molecule has 1 fully saturated rings. The van der Waals surface area contributed by atoms with E-state index < -0.39 is 0 Å². The van der Waals surface area contributed by atoms with E-state index >= 15 is 0 Å². The van der Waals surface area contributed by atoms with E-state index in [1.807, 2.05) is 0 Å². The summed E-state index contributed by atoms with van der Waals surface area (Å²) in [5.74, 6) is 0.386. The Hall–Kier alpha value is -1.08. The van der Waals surface area contributed by atoms with E-state index in [0.717, 1.165) is 10.9 Å². The number of aryl methyl sites for hydroxylation is 1. The summed E-state index contributed by atoms with van der Waals surface area (Å²) in [6.45, 7) is 0. The van der Waals surface area contributed by atoms with Crippen molar-refractivity contribution in [2.45, 2.75) is 25.2 Å². The lowest BCUT2D eigenvalue weighted by molar-refractivity contribution is 0.656. The molecule has 84 valence electrons. The minimum Gasteiger partial charge on any atom is -0.317 e. The molecule has 0 saturated heterocycles. The van der Waals surface area contributed by atoms with Gasteiger partial charge in [-0.3, -0.25) is 4.79 Å². The molecule has 0 aromatic carbocycles. The molecule has 1 aliphatic rings. The van der Waals surface area contributed by atoms with Gasteiger partial charge in [-0.05, 0) is 34.3 Å². The number of hydrogen-bond donors (Lipinski definition) is 0. The van der Waals surface area contributed by atoms with Crippen molar-refractivity contribution in [2.24, 2.45) is 13.0 Å². The molecule has 0 radical (unpaired) electrons. The summed E-state index contributed by atoms with van der Waals surface area (Å²) in [7, 11) is 1.71. The molecule has 0 amide bonds. The van der Waals surface area contributed by atoms with Gasteiger partial charge in [0.25, 0.3) is 5.56 Å². The average Bonchev–Trinajstić information content (AvgIpc) is 3.04. The molecule has 0 spiro atoms. The highest BCUT2D eigenvalue weighted by atomic mass is 79.9. The molecule has 2 rings (SSSR count). The second-order valence-electron chi connectivity index (χ2n) is 4.39. The molecular formula is C12H13BrN2O. The number of rotatable bonds is 3. The first-order valence-corrected chi connectivity index (χ1v) is 6.17. The maximum atomic E-state index is 11.9. The quantitative estimate of drug-likeness (QED) is 0.854. The van der Waals surface area contributed by atoms with Crippen molar-refractivity contribution in [3.8, 4) is 6.07 Å². The van der Waals surface area contributed by atoms with Crippen molar-refractivity contribution in [1.29, 1.82) is 5.26 Å². The van der Waals surface area contributed by atoms with Gasteiger partial charge in [0, 0.05) is 23.3 Å². The van der Waals surface area contributed by atoms with E-state index in [0.29, 0.717) is 11.5 Å². The van der Waals surface area contributed by atoms with E-state index in [2.05, 4.69) is 22.0 Å². The van der Waals surface area contributed by atoms with Crippen molar-refractivity contribution in [2.75, 3.05) is 0 Å². The Balaban J connectivity index is 2.36. The fourth-order valence-corrected chi connectivity index (χ4v) is 2.43. The molecule has 1 unspecified atom stereocenters. The minimum absolute atomic E-state index is 0.0598. The van der Waals surface area contributed by atoms with Crippen LogP contribution in [0.5, 0.6) is 0 Å². The molecule has 0 bridgehead atoms. The lowest BCUT2D eigenvalue weighted by Gasteiger charge is -2.10. The van der Waals surface area contributed by atoms with Crippen molar-refractivity contribution < 1.29 is 0 Å². The first-order chi connectivity index (χ1) is 7.61. The number of aromatic nitrogens is 1. The Morgan fingerprint density at radius 1 is 1.69 bits per heavy atom. The van der Waals surface area contributed by atoms with E-state index in [4.69, 9.17) is 5.26 Å². The number of pyridine rings is 1. The number of hydrogen-bond acceptors (Lipinski definition) is 2. The lowest BCUT2D eigenvalue weighted by atomic mass is 9.96. The third kappa shape index (κ3) is 2.35. The SMILES string of the molecule is Cn1cc(Br)cc(C(C#N)CC2CC2)c1=O. The van der Waals surface area contributed by atoms with Crippen molar-refractivity contribution in [3.63, 3.8) is 0 Å². The summed E-state index contributed by atoms with van der Waals surface area (Å²) in [5, 5.41) is 9.15. The van der Waals surface area contributed by atoms with Gasteiger partial charge in [-0.2, -0.15) is 5.26 Å². The van der Waals surface area contributed by atoms with Crippen LogP contribution in [0.3, 0.4) is 0 Å². The van der Waals surface area contributed by atoms with Crippen LogP contribution in [-0.4, -0.2) is 4.57 Å². The van der Waals surface area contributed by atoms with Crippen LogP contribution >= 0.6 is 15.9 Å². The molecule has 1 saturated carbocycles. The molecule has 16 heavy (non-hydrogen) atoms. The molecule has 1 atom stereocenters. The Kier molecular flexibility index (Phi) is 3.15. The van der Waals surface area contributed by atoms with Gasteiger partial charge >= 0.3 is 0 Å². The minimum atomic E-state index is -0.260. The van der Waals surface area contributed by atoms with E-state index in [9.17, 15) is 4.79 Å². The van der Waals surface area contributed by atoms with Crippen LogP contribution in [-0.2, 0) is 7.05 Å². The molecule has 1 aromatic rings. The van der Waals surface area contributed by atoms with Gasteiger partial charge in [0.15, 0.2) is 0 Å². The third-order valence-electron chi connectivity index (χ3n) is 2.97. The summed E-state index contributed by atoms with van der Waals surface area (Å²) in [6.07, 6.45) is 4.94. The monoisotopic (exact) mass is 280 g/mol. The van der Waals surface area contributed by atoms with Gasteiger partial charge in [-0.1, -0.05) is 12.8 Å². The predicted octanol–water partition coefficient (Wildman–Crippen LogP) is 2.56. The third-order valence-corrected chi connectivity index (χ3v) is 3.41. The average molecular weight is 281 g/mol. The largest absolute Gasteiger partial charge is 0.317 e. The van der Waals surface area contributed by atoms with Gasteiger partial charge in [0.1, 0.15) is 0 Å². The molecule has 1 aromatic heterocycles. The highest BCUT2D eigenvalue weighted by Crippen LogP contribution is 2.37. The van der Waals surface area contributed by atoms with E-state index in [1.54, 1.807) is 19.3 Å².